The number of hydrogen-bond donors (Lipinski definition) is 0. The van der Waals surface area contributed by atoms with Crippen LogP contribution in [0.2, 0.25) is 0 Å². The Labute approximate surface area is 120 Å². The molecule has 2 aliphatic rings. The van der Waals surface area contributed by atoms with Gasteiger partial charge in [-0.25, -0.2) is 0 Å². The second-order valence-electron chi connectivity index (χ2n) is 5.66. The minimum Gasteiger partial charge on any atom is -0.491 e. The van der Waals surface area contributed by atoms with Gasteiger partial charge in [0.25, 0.3) is 0 Å². The van der Waals surface area contributed by atoms with Crippen molar-refractivity contribution < 1.29 is 9.47 Å². The predicted molar refractivity (Wildman–Crippen MR) is 76.8 cm³/mol. The molecule has 3 rings (SSSR count). The monoisotopic (exact) mass is 280 g/mol. The van der Waals surface area contributed by atoms with Crippen LogP contribution in [-0.4, -0.2) is 24.7 Å². The van der Waals surface area contributed by atoms with E-state index in [2.05, 4.69) is 0 Å². The third-order valence-electron chi connectivity index (χ3n) is 4.63. The summed E-state index contributed by atoms with van der Waals surface area (Å²) in [5.74, 6) is 0.908. The van der Waals surface area contributed by atoms with E-state index in [0.29, 0.717) is 24.7 Å². The van der Waals surface area contributed by atoms with Gasteiger partial charge < -0.3 is 9.47 Å². The molecule has 2 atom stereocenters. The lowest BCUT2D eigenvalue weighted by molar-refractivity contribution is -0.109. The lowest BCUT2D eigenvalue weighted by atomic mass is 9.64. The van der Waals surface area contributed by atoms with E-state index >= 15 is 0 Å². The number of benzene rings is 1. The molecule has 0 aliphatic heterocycles. The van der Waals surface area contributed by atoms with Gasteiger partial charge in [-0.3, -0.25) is 0 Å². The van der Waals surface area contributed by atoms with Crippen LogP contribution in [0.3, 0.4) is 0 Å². The van der Waals surface area contributed by atoms with E-state index in [1.807, 2.05) is 30.3 Å². The first-order valence-corrected chi connectivity index (χ1v) is 7.68. The summed E-state index contributed by atoms with van der Waals surface area (Å²) in [4.78, 5) is 0. The van der Waals surface area contributed by atoms with Gasteiger partial charge >= 0.3 is 0 Å². The first kappa shape index (κ1) is 13.3. The number of rotatable bonds is 5. The SMILES string of the molecule is ClC1CC(OCCOc2ccccc2)C12CCCC2. The van der Waals surface area contributed by atoms with E-state index in [1.54, 1.807) is 0 Å². The molecule has 0 amide bonds. The third kappa shape index (κ3) is 2.61. The smallest absolute Gasteiger partial charge is 0.119 e. The molecule has 0 saturated heterocycles. The Balaban J connectivity index is 1.41. The fourth-order valence-electron chi connectivity index (χ4n) is 3.47. The van der Waals surface area contributed by atoms with Gasteiger partial charge in [0, 0.05) is 10.8 Å². The standard InChI is InChI=1S/C16H21ClO2/c17-14-12-15(16(14)8-4-5-9-16)19-11-10-18-13-6-2-1-3-7-13/h1-3,6-7,14-15H,4-5,8-12H2. The molecule has 3 heteroatoms. The minimum atomic E-state index is 0.286. The van der Waals surface area contributed by atoms with Crippen LogP contribution < -0.4 is 4.74 Å². The van der Waals surface area contributed by atoms with Crippen molar-refractivity contribution in [2.45, 2.75) is 43.6 Å². The fourth-order valence-corrected chi connectivity index (χ4v) is 3.99. The number of alkyl halides is 1. The molecule has 2 unspecified atom stereocenters. The summed E-state index contributed by atoms with van der Waals surface area (Å²) in [5.41, 5.74) is 0.286. The summed E-state index contributed by atoms with van der Waals surface area (Å²) in [6.07, 6.45) is 6.47. The summed E-state index contributed by atoms with van der Waals surface area (Å²) in [5, 5.41) is 0.329. The van der Waals surface area contributed by atoms with Crippen LogP contribution >= 0.6 is 11.6 Å². The molecule has 19 heavy (non-hydrogen) atoms. The lowest BCUT2D eigenvalue weighted by Crippen LogP contribution is -2.54. The second kappa shape index (κ2) is 5.72. The summed E-state index contributed by atoms with van der Waals surface area (Å²) in [7, 11) is 0. The Morgan fingerprint density at radius 2 is 1.84 bits per heavy atom. The van der Waals surface area contributed by atoms with E-state index in [-0.39, 0.29) is 5.41 Å². The van der Waals surface area contributed by atoms with Gasteiger partial charge in [-0.15, -0.1) is 11.6 Å². The fraction of sp³-hybridized carbons (Fsp3) is 0.625. The largest absolute Gasteiger partial charge is 0.491 e. The number of hydrogen-bond acceptors (Lipinski definition) is 2. The maximum Gasteiger partial charge on any atom is 0.119 e. The van der Waals surface area contributed by atoms with Crippen LogP contribution in [-0.2, 0) is 4.74 Å². The van der Waals surface area contributed by atoms with Crippen molar-refractivity contribution in [3.05, 3.63) is 30.3 Å². The van der Waals surface area contributed by atoms with Crippen molar-refractivity contribution in [1.82, 2.24) is 0 Å². The highest BCUT2D eigenvalue weighted by atomic mass is 35.5. The highest BCUT2D eigenvalue weighted by Gasteiger charge is 2.55. The molecular formula is C16H21ClO2. The molecule has 0 N–H and O–H groups in total. The van der Waals surface area contributed by atoms with Crippen LogP contribution in [0.1, 0.15) is 32.1 Å². The summed E-state index contributed by atoms with van der Waals surface area (Å²) in [6.45, 7) is 1.27. The van der Waals surface area contributed by atoms with E-state index < -0.39 is 0 Å². The zero-order valence-electron chi connectivity index (χ0n) is 11.2. The van der Waals surface area contributed by atoms with E-state index in [4.69, 9.17) is 21.1 Å². The van der Waals surface area contributed by atoms with Crippen LogP contribution in [0.5, 0.6) is 5.75 Å². The second-order valence-corrected chi connectivity index (χ2v) is 6.19. The quantitative estimate of drug-likeness (QED) is 0.599. The van der Waals surface area contributed by atoms with Gasteiger partial charge in [0.1, 0.15) is 12.4 Å². The molecule has 1 aromatic carbocycles. The summed E-state index contributed by atoms with van der Waals surface area (Å²) >= 11 is 6.40. The molecule has 0 radical (unpaired) electrons. The Hall–Kier alpha value is -0.730. The summed E-state index contributed by atoms with van der Waals surface area (Å²) < 4.78 is 11.6. The molecular weight excluding hydrogens is 260 g/mol. The van der Waals surface area contributed by atoms with Crippen molar-refractivity contribution in [2.75, 3.05) is 13.2 Å². The molecule has 0 heterocycles. The Morgan fingerprint density at radius 1 is 1.11 bits per heavy atom. The maximum atomic E-state index is 6.40. The highest BCUT2D eigenvalue weighted by Crippen LogP contribution is 2.57. The molecule has 0 bridgehead atoms. The van der Waals surface area contributed by atoms with Gasteiger partial charge in [0.2, 0.25) is 0 Å². The molecule has 0 aromatic heterocycles. The molecule has 2 aliphatic carbocycles. The average Bonchev–Trinajstić information content (AvgIpc) is 2.96. The highest BCUT2D eigenvalue weighted by molar-refractivity contribution is 6.21. The van der Waals surface area contributed by atoms with Crippen molar-refractivity contribution in [1.29, 1.82) is 0 Å². The Kier molecular flexibility index (Phi) is 3.99. The zero-order valence-corrected chi connectivity index (χ0v) is 11.9. The first-order valence-electron chi connectivity index (χ1n) is 7.25. The van der Waals surface area contributed by atoms with E-state index in [1.165, 1.54) is 25.7 Å². The molecule has 2 nitrogen and oxygen atoms in total. The van der Waals surface area contributed by atoms with Crippen LogP contribution in [0.25, 0.3) is 0 Å². The predicted octanol–water partition coefficient (Wildman–Crippen LogP) is 4.02. The van der Waals surface area contributed by atoms with Gasteiger partial charge in [0.05, 0.1) is 12.7 Å². The van der Waals surface area contributed by atoms with Gasteiger partial charge in [-0.05, 0) is 31.4 Å². The molecule has 104 valence electrons. The first-order chi connectivity index (χ1) is 9.31. The number of halogens is 1. The van der Waals surface area contributed by atoms with Crippen LogP contribution in [0.4, 0.5) is 0 Å². The van der Waals surface area contributed by atoms with Crippen LogP contribution in [0.15, 0.2) is 30.3 Å². The third-order valence-corrected chi connectivity index (χ3v) is 5.25. The number of ether oxygens (including phenoxy) is 2. The molecule has 1 aromatic rings. The maximum absolute atomic E-state index is 6.40. The van der Waals surface area contributed by atoms with Crippen molar-refractivity contribution >= 4 is 11.6 Å². The van der Waals surface area contributed by atoms with Crippen molar-refractivity contribution in [3.8, 4) is 5.75 Å². The molecule has 2 saturated carbocycles. The lowest BCUT2D eigenvalue weighted by Gasteiger charge is -2.51. The Bertz CT molecular complexity index is 400. The van der Waals surface area contributed by atoms with Gasteiger partial charge in [-0.1, -0.05) is 31.0 Å². The van der Waals surface area contributed by atoms with Crippen molar-refractivity contribution in [3.63, 3.8) is 0 Å². The minimum absolute atomic E-state index is 0.286. The van der Waals surface area contributed by atoms with E-state index in [9.17, 15) is 0 Å². The van der Waals surface area contributed by atoms with Crippen LogP contribution in [0, 0.1) is 5.41 Å². The normalized spacial score (nSPS) is 28.3. The van der Waals surface area contributed by atoms with Crippen molar-refractivity contribution in [2.24, 2.45) is 5.41 Å². The average molecular weight is 281 g/mol. The Morgan fingerprint density at radius 3 is 2.53 bits per heavy atom. The number of para-hydroxylation sites is 1. The van der Waals surface area contributed by atoms with Gasteiger partial charge in [-0.2, -0.15) is 0 Å². The topological polar surface area (TPSA) is 18.5 Å². The zero-order chi connectivity index (χ0) is 13.1. The molecule has 2 fully saturated rings. The summed E-state index contributed by atoms with van der Waals surface area (Å²) in [6, 6.07) is 9.89. The van der Waals surface area contributed by atoms with Gasteiger partial charge in [0.15, 0.2) is 0 Å². The molecule has 1 spiro atoms. The van der Waals surface area contributed by atoms with E-state index in [0.717, 1.165) is 12.2 Å².